The number of halogens is 2. The fourth-order valence-electron chi connectivity index (χ4n) is 1.53. The van der Waals surface area contributed by atoms with Gasteiger partial charge >= 0.3 is 0 Å². The molecule has 0 spiro atoms. The van der Waals surface area contributed by atoms with Crippen LogP contribution in [0.5, 0.6) is 0 Å². The zero-order valence-corrected chi connectivity index (χ0v) is 11.2. The van der Waals surface area contributed by atoms with Crippen LogP contribution in [-0.2, 0) is 0 Å². The molecule has 2 aromatic rings. The molecule has 1 heterocycles. The number of anilines is 1. The van der Waals surface area contributed by atoms with Gasteiger partial charge in [0.25, 0.3) is 5.91 Å². The Morgan fingerprint density at radius 1 is 1.39 bits per heavy atom. The molecule has 0 radical (unpaired) electrons. The Balaban J connectivity index is 2.28. The summed E-state index contributed by atoms with van der Waals surface area (Å²) in [4.78, 5) is 15.9. The van der Waals surface area contributed by atoms with E-state index in [2.05, 4.69) is 26.2 Å². The summed E-state index contributed by atoms with van der Waals surface area (Å²) in [5.41, 5.74) is 1.44. The van der Waals surface area contributed by atoms with Crippen molar-refractivity contribution in [1.29, 1.82) is 0 Å². The van der Waals surface area contributed by atoms with Gasteiger partial charge in [-0.15, -0.1) is 0 Å². The Hall–Kier alpha value is -1.75. The fraction of sp³-hybridized carbons (Fsp3) is 0.0769. The summed E-state index contributed by atoms with van der Waals surface area (Å²) in [6.07, 6.45) is 3.19. The molecule has 0 atom stereocenters. The lowest BCUT2D eigenvalue weighted by Crippen LogP contribution is -2.14. The second kappa shape index (κ2) is 5.27. The number of pyridine rings is 1. The number of amides is 1. The highest BCUT2D eigenvalue weighted by Gasteiger charge is 2.15. The first kappa shape index (κ1) is 12.7. The Labute approximate surface area is 112 Å². The molecule has 18 heavy (non-hydrogen) atoms. The summed E-state index contributed by atoms with van der Waals surface area (Å²) < 4.78 is 14.0. The molecule has 5 heteroatoms. The van der Waals surface area contributed by atoms with Crippen LogP contribution in [0.2, 0.25) is 0 Å². The molecular formula is C13H10BrFN2O. The third-order valence-electron chi connectivity index (χ3n) is 2.32. The number of benzene rings is 1. The van der Waals surface area contributed by atoms with Gasteiger partial charge in [0, 0.05) is 10.7 Å². The van der Waals surface area contributed by atoms with Crippen LogP contribution in [0.1, 0.15) is 15.9 Å². The van der Waals surface area contributed by atoms with Gasteiger partial charge in [0.2, 0.25) is 0 Å². The minimum absolute atomic E-state index is 0.0148. The van der Waals surface area contributed by atoms with E-state index in [1.54, 1.807) is 18.3 Å². The molecule has 1 N–H and O–H groups in total. The van der Waals surface area contributed by atoms with E-state index in [4.69, 9.17) is 0 Å². The molecule has 0 aliphatic rings. The molecule has 92 valence electrons. The number of nitrogens with zero attached hydrogens (tertiary/aromatic N) is 1. The number of nitrogens with one attached hydrogen (secondary N) is 1. The summed E-state index contributed by atoms with van der Waals surface area (Å²) >= 11 is 3.16. The average Bonchev–Trinajstić information content (AvgIpc) is 2.28. The topological polar surface area (TPSA) is 42.0 Å². The van der Waals surface area contributed by atoms with Crippen LogP contribution in [0, 0.1) is 12.7 Å². The molecule has 3 nitrogen and oxygen atoms in total. The Morgan fingerprint density at radius 2 is 2.17 bits per heavy atom. The van der Waals surface area contributed by atoms with E-state index in [-0.39, 0.29) is 5.56 Å². The zero-order chi connectivity index (χ0) is 13.1. The van der Waals surface area contributed by atoms with E-state index < -0.39 is 11.7 Å². The van der Waals surface area contributed by atoms with Crippen LogP contribution in [0.25, 0.3) is 0 Å². The molecular weight excluding hydrogens is 299 g/mol. The Morgan fingerprint density at radius 3 is 2.83 bits per heavy atom. The number of hydrogen-bond acceptors (Lipinski definition) is 2. The van der Waals surface area contributed by atoms with E-state index in [1.165, 1.54) is 18.3 Å². The van der Waals surface area contributed by atoms with Crippen LogP contribution >= 0.6 is 15.9 Å². The fourth-order valence-corrected chi connectivity index (χ4v) is 2.05. The van der Waals surface area contributed by atoms with Crippen molar-refractivity contribution in [3.63, 3.8) is 0 Å². The second-order valence-electron chi connectivity index (χ2n) is 3.80. The second-order valence-corrected chi connectivity index (χ2v) is 4.66. The monoisotopic (exact) mass is 308 g/mol. The first-order valence-electron chi connectivity index (χ1n) is 5.25. The van der Waals surface area contributed by atoms with Crippen molar-refractivity contribution in [2.75, 3.05) is 5.32 Å². The van der Waals surface area contributed by atoms with Gasteiger partial charge in [-0.1, -0.05) is 6.07 Å². The lowest BCUT2D eigenvalue weighted by molar-refractivity contribution is 0.102. The maximum atomic E-state index is 13.6. The van der Waals surface area contributed by atoms with Crippen molar-refractivity contribution in [2.45, 2.75) is 6.92 Å². The minimum atomic E-state index is -0.567. The molecule has 2 rings (SSSR count). The van der Waals surface area contributed by atoms with Crippen LogP contribution in [0.4, 0.5) is 10.1 Å². The molecule has 0 aliphatic heterocycles. The van der Waals surface area contributed by atoms with E-state index >= 15 is 0 Å². The average molecular weight is 309 g/mol. The SMILES string of the molecule is Cc1cncc(NC(=O)c2c(F)cccc2Br)c1. The van der Waals surface area contributed by atoms with Gasteiger partial charge in [-0.3, -0.25) is 9.78 Å². The standard InChI is InChI=1S/C13H10BrFN2O/c1-8-5-9(7-16-6-8)17-13(18)12-10(14)3-2-4-11(12)15/h2-7H,1H3,(H,17,18). The highest BCUT2D eigenvalue weighted by Crippen LogP contribution is 2.21. The van der Waals surface area contributed by atoms with E-state index in [0.717, 1.165) is 5.56 Å². The van der Waals surface area contributed by atoms with Gasteiger partial charge in [0.15, 0.2) is 0 Å². The Bertz CT molecular complexity index is 581. The maximum Gasteiger partial charge on any atom is 0.259 e. The molecule has 0 saturated heterocycles. The summed E-state index contributed by atoms with van der Waals surface area (Å²) in [7, 11) is 0. The van der Waals surface area contributed by atoms with Gasteiger partial charge in [-0.2, -0.15) is 0 Å². The minimum Gasteiger partial charge on any atom is -0.320 e. The number of carbonyl (C=O) groups excluding carboxylic acids is 1. The van der Waals surface area contributed by atoms with Gasteiger partial charge in [0.05, 0.1) is 17.4 Å². The van der Waals surface area contributed by atoms with Gasteiger partial charge in [-0.25, -0.2) is 4.39 Å². The summed E-state index contributed by atoms with van der Waals surface area (Å²) in [5.74, 6) is -1.07. The van der Waals surface area contributed by atoms with Crippen molar-refractivity contribution >= 4 is 27.5 Å². The molecule has 1 aromatic heterocycles. The molecule has 1 amide bonds. The van der Waals surface area contributed by atoms with Crippen molar-refractivity contribution in [2.24, 2.45) is 0 Å². The van der Waals surface area contributed by atoms with Crippen molar-refractivity contribution in [1.82, 2.24) is 4.98 Å². The number of carbonyl (C=O) groups is 1. The summed E-state index contributed by atoms with van der Waals surface area (Å²) in [5, 5.41) is 2.61. The van der Waals surface area contributed by atoms with Crippen molar-refractivity contribution in [3.05, 3.63) is 58.1 Å². The highest BCUT2D eigenvalue weighted by molar-refractivity contribution is 9.10. The molecule has 1 aromatic carbocycles. The highest BCUT2D eigenvalue weighted by atomic mass is 79.9. The van der Waals surface area contributed by atoms with Gasteiger partial charge in [-0.05, 0) is 46.6 Å². The smallest absolute Gasteiger partial charge is 0.259 e. The van der Waals surface area contributed by atoms with E-state index in [0.29, 0.717) is 10.2 Å². The predicted octanol–water partition coefficient (Wildman–Crippen LogP) is 3.54. The summed E-state index contributed by atoms with van der Waals surface area (Å²) in [6, 6.07) is 6.16. The molecule has 0 bridgehead atoms. The number of aryl methyl sites for hydroxylation is 1. The van der Waals surface area contributed by atoms with Gasteiger partial charge < -0.3 is 5.32 Å². The molecule has 0 saturated carbocycles. The quantitative estimate of drug-likeness (QED) is 0.922. The summed E-state index contributed by atoms with van der Waals surface area (Å²) in [6.45, 7) is 1.86. The molecule has 0 aliphatic carbocycles. The van der Waals surface area contributed by atoms with Crippen molar-refractivity contribution in [3.8, 4) is 0 Å². The van der Waals surface area contributed by atoms with Gasteiger partial charge in [0.1, 0.15) is 5.82 Å². The maximum absolute atomic E-state index is 13.6. The number of rotatable bonds is 2. The first-order chi connectivity index (χ1) is 8.58. The van der Waals surface area contributed by atoms with Crippen LogP contribution in [0.3, 0.4) is 0 Å². The van der Waals surface area contributed by atoms with Crippen LogP contribution < -0.4 is 5.32 Å². The van der Waals surface area contributed by atoms with E-state index in [9.17, 15) is 9.18 Å². The largest absolute Gasteiger partial charge is 0.320 e. The third-order valence-corrected chi connectivity index (χ3v) is 2.98. The zero-order valence-electron chi connectivity index (χ0n) is 9.58. The van der Waals surface area contributed by atoms with E-state index in [1.807, 2.05) is 6.92 Å². The number of hydrogen-bond donors (Lipinski definition) is 1. The Kier molecular flexibility index (Phi) is 3.72. The van der Waals surface area contributed by atoms with Crippen LogP contribution in [-0.4, -0.2) is 10.9 Å². The molecule has 0 unspecified atom stereocenters. The predicted molar refractivity (Wildman–Crippen MR) is 71.0 cm³/mol. The lowest BCUT2D eigenvalue weighted by Gasteiger charge is -2.07. The third kappa shape index (κ3) is 2.73. The molecule has 0 fully saturated rings. The van der Waals surface area contributed by atoms with Crippen molar-refractivity contribution < 1.29 is 9.18 Å². The van der Waals surface area contributed by atoms with Crippen LogP contribution in [0.15, 0.2) is 41.1 Å². The lowest BCUT2D eigenvalue weighted by atomic mass is 10.2. The number of aromatic nitrogens is 1. The normalized spacial score (nSPS) is 10.2. The first-order valence-corrected chi connectivity index (χ1v) is 6.04.